The highest BCUT2D eigenvalue weighted by atomic mass is 32.2. The number of sulfonamides is 1. The van der Waals surface area contributed by atoms with Gasteiger partial charge < -0.3 is 5.73 Å². The Morgan fingerprint density at radius 1 is 1.11 bits per heavy atom. The molecule has 0 unspecified atom stereocenters. The number of primary amides is 1. The normalized spacial score (nSPS) is 16.9. The molecule has 2 N–H and O–H groups in total. The van der Waals surface area contributed by atoms with Crippen molar-refractivity contribution in [1.82, 2.24) is 19.1 Å². The summed E-state index contributed by atoms with van der Waals surface area (Å²) in [6.45, 7) is 5.65. The van der Waals surface area contributed by atoms with Gasteiger partial charge in [0.25, 0.3) is 5.91 Å². The lowest BCUT2D eigenvalue weighted by Gasteiger charge is -2.33. The third-order valence-corrected chi connectivity index (χ3v) is 7.96. The van der Waals surface area contributed by atoms with E-state index < -0.39 is 21.6 Å². The smallest absolute Gasteiger partial charge is 0.250 e. The lowest BCUT2D eigenvalue weighted by atomic mass is 9.97. The molecule has 0 atom stereocenters. The minimum atomic E-state index is -3.85. The molecule has 8 nitrogen and oxygen atoms in total. The van der Waals surface area contributed by atoms with Gasteiger partial charge in [0.2, 0.25) is 10.0 Å². The largest absolute Gasteiger partial charge is 0.366 e. The zero-order valence-corrected chi connectivity index (χ0v) is 20.7. The summed E-state index contributed by atoms with van der Waals surface area (Å²) < 4.78 is 43.1. The van der Waals surface area contributed by atoms with Crippen LogP contribution in [0.1, 0.15) is 36.5 Å². The third kappa shape index (κ3) is 5.49. The van der Waals surface area contributed by atoms with E-state index in [0.717, 1.165) is 16.7 Å². The van der Waals surface area contributed by atoms with Crippen LogP contribution in [-0.2, 0) is 14.8 Å². The highest BCUT2D eigenvalue weighted by Crippen LogP contribution is 2.30. The molecule has 1 fully saturated rings. The number of aryl methyl sites for hydroxylation is 2. The number of carbonyl (C=O) groups is 1. The molecule has 1 saturated heterocycles. The third-order valence-electron chi connectivity index (χ3n) is 6.06. The van der Waals surface area contributed by atoms with Gasteiger partial charge in [-0.25, -0.2) is 22.5 Å². The van der Waals surface area contributed by atoms with Crippen LogP contribution < -0.4 is 5.73 Å². The molecular formula is C25H28FN5O3S. The van der Waals surface area contributed by atoms with Crippen LogP contribution in [0.15, 0.2) is 53.7 Å². The van der Waals surface area contributed by atoms with Crippen molar-refractivity contribution in [1.29, 1.82) is 0 Å². The van der Waals surface area contributed by atoms with Crippen LogP contribution in [0.25, 0.3) is 23.2 Å². The summed E-state index contributed by atoms with van der Waals surface area (Å²) >= 11 is 0. The van der Waals surface area contributed by atoms with Gasteiger partial charge in [-0.1, -0.05) is 29.3 Å². The standard InChI is InChI=1S/C25H28FN5O3S/c1-17-11-18(2)13-20(12-17)24-28-16-30(29-24)15-22(23(27)32)19-5-4-6-21(14-19)35(33,34)31-9-7-25(3,26)8-10-31/h4-6,11-16H,7-10H2,1-3H3,(H2,27,32)/b22-15+. The number of piperidine rings is 1. The Kier molecular flexibility index (Phi) is 6.61. The number of carbonyl (C=O) groups excluding carboxylic acids is 1. The number of nitrogens with zero attached hydrogens (tertiary/aromatic N) is 4. The monoisotopic (exact) mass is 497 g/mol. The molecule has 184 valence electrons. The fraction of sp³-hybridized carbons (Fsp3) is 0.320. The summed E-state index contributed by atoms with van der Waals surface area (Å²) in [4.78, 5) is 16.6. The van der Waals surface area contributed by atoms with Crippen molar-refractivity contribution in [3.63, 3.8) is 0 Å². The predicted octanol–water partition coefficient (Wildman–Crippen LogP) is 3.56. The second kappa shape index (κ2) is 9.35. The van der Waals surface area contributed by atoms with Crippen molar-refractivity contribution in [2.24, 2.45) is 5.73 Å². The van der Waals surface area contributed by atoms with Crippen LogP contribution in [0.4, 0.5) is 4.39 Å². The zero-order valence-electron chi connectivity index (χ0n) is 19.9. The van der Waals surface area contributed by atoms with Crippen molar-refractivity contribution in [2.75, 3.05) is 13.1 Å². The number of hydrogen-bond acceptors (Lipinski definition) is 5. The van der Waals surface area contributed by atoms with Crippen molar-refractivity contribution >= 4 is 27.7 Å². The van der Waals surface area contributed by atoms with E-state index in [9.17, 15) is 17.6 Å². The quantitative estimate of drug-likeness (QED) is 0.524. The second-order valence-corrected chi connectivity index (χ2v) is 11.1. The molecule has 0 aliphatic carbocycles. The molecule has 1 aliphatic heterocycles. The fourth-order valence-corrected chi connectivity index (χ4v) is 5.64. The van der Waals surface area contributed by atoms with Crippen molar-refractivity contribution in [3.05, 3.63) is 65.5 Å². The maximum absolute atomic E-state index is 14.2. The van der Waals surface area contributed by atoms with Crippen molar-refractivity contribution < 1.29 is 17.6 Å². The first-order valence-corrected chi connectivity index (χ1v) is 12.7. The number of alkyl halides is 1. The summed E-state index contributed by atoms with van der Waals surface area (Å²) in [7, 11) is -3.85. The lowest BCUT2D eigenvalue weighted by molar-refractivity contribution is -0.112. The van der Waals surface area contributed by atoms with Gasteiger partial charge in [0, 0.05) is 24.9 Å². The van der Waals surface area contributed by atoms with E-state index in [4.69, 9.17) is 5.73 Å². The van der Waals surface area contributed by atoms with Gasteiger partial charge in [0.05, 0.1) is 10.5 Å². The van der Waals surface area contributed by atoms with E-state index >= 15 is 0 Å². The Morgan fingerprint density at radius 3 is 2.40 bits per heavy atom. The molecule has 0 spiro atoms. The minimum absolute atomic E-state index is 0.0131. The van der Waals surface area contributed by atoms with E-state index in [-0.39, 0.29) is 36.4 Å². The molecule has 35 heavy (non-hydrogen) atoms. The molecule has 1 aliphatic rings. The molecule has 0 radical (unpaired) electrons. The molecule has 4 rings (SSSR count). The number of halogens is 1. The Hall–Kier alpha value is -3.37. The molecule has 10 heteroatoms. The SMILES string of the molecule is Cc1cc(C)cc(-c2ncn(/C=C(/C(N)=O)c3cccc(S(=O)(=O)N4CCC(C)(F)CC4)c3)n2)c1. The van der Waals surface area contributed by atoms with Gasteiger partial charge in [-0.05, 0) is 63.4 Å². The van der Waals surface area contributed by atoms with E-state index in [2.05, 4.69) is 10.1 Å². The molecule has 1 aromatic heterocycles. The number of nitrogens with two attached hydrogens (primary N) is 1. The molecule has 1 amide bonds. The Morgan fingerprint density at radius 2 is 1.77 bits per heavy atom. The van der Waals surface area contributed by atoms with Gasteiger partial charge in [-0.3, -0.25) is 4.79 Å². The predicted molar refractivity (Wildman–Crippen MR) is 132 cm³/mol. The molecule has 2 aromatic carbocycles. The number of benzene rings is 2. The Labute approximate surface area is 204 Å². The summed E-state index contributed by atoms with van der Waals surface area (Å²) in [5, 5.41) is 4.43. The lowest BCUT2D eigenvalue weighted by Crippen LogP contribution is -2.43. The van der Waals surface area contributed by atoms with Gasteiger partial charge in [0.1, 0.15) is 12.0 Å². The van der Waals surface area contributed by atoms with Crippen LogP contribution in [0.3, 0.4) is 0 Å². The van der Waals surface area contributed by atoms with Gasteiger partial charge in [-0.2, -0.15) is 4.31 Å². The van der Waals surface area contributed by atoms with Crippen molar-refractivity contribution in [2.45, 2.75) is 44.2 Å². The fourth-order valence-electron chi connectivity index (χ4n) is 4.15. The summed E-state index contributed by atoms with van der Waals surface area (Å²) in [6.07, 6.45) is 3.14. The Balaban J connectivity index is 1.65. The first kappa shape index (κ1) is 24.7. The number of amides is 1. The van der Waals surface area contributed by atoms with E-state index in [1.807, 2.05) is 32.0 Å². The van der Waals surface area contributed by atoms with Crippen LogP contribution in [0.5, 0.6) is 0 Å². The average Bonchev–Trinajstić information content (AvgIpc) is 3.25. The zero-order chi connectivity index (χ0) is 25.4. The minimum Gasteiger partial charge on any atom is -0.366 e. The second-order valence-electron chi connectivity index (χ2n) is 9.18. The first-order chi connectivity index (χ1) is 16.4. The maximum atomic E-state index is 14.2. The topological polar surface area (TPSA) is 111 Å². The number of hydrogen-bond donors (Lipinski definition) is 1. The van der Waals surface area contributed by atoms with Crippen LogP contribution >= 0.6 is 0 Å². The summed E-state index contributed by atoms with van der Waals surface area (Å²) in [5.41, 5.74) is 7.66. The summed E-state index contributed by atoms with van der Waals surface area (Å²) in [6, 6.07) is 12.0. The number of aromatic nitrogens is 3. The van der Waals surface area contributed by atoms with E-state index in [1.165, 1.54) is 40.6 Å². The molecule has 3 aromatic rings. The molecular weight excluding hydrogens is 469 g/mol. The highest BCUT2D eigenvalue weighted by Gasteiger charge is 2.35. The average molecular weight is 498 g/mol. The highest BCUT2D eigenvalue weighted by molar-refractivity contribution is 7.89. The first-order valence-electron chi connectivity index (χ1n) is 11.3. The van der Waals surface area contributed by atoms with Gasteiger partial charge in [0.15, 0.2) is 5.82 Å². The van der Waals surface area contributed by atoms with E-state index in [1.54, 1.807) is 12.1 Å². The van der Waals surface area contributed by atoms with Crippen LogP contribution in [-0.4, -0.2) is 52.2 Å². The maximum Gasteiger partial charge on any atom is 0.250 e. The van der Waals surface area contributed by atoms with Gasteiger partial charge >= 0.3 is 0 Å². The summed E-state index contributed by atoms with van der Waals surface area (Å²) in [5.74, 6) is -0.257. The van der Waals surface area contributed by atoms with Crippen LogP contribution in [0, 0.1) is 13.8 Å². The Bertz CT molecular complexity index is 1380. The van der Waals surface area contributed by atoms with Crippen LogP contribution in [0.2, 0.25) is 0 Å². The molecule has 0 saturated carbocycles. The number of rotatable bonds is 6. The molecule has 0 bridgehead atoms. The van der Waals surface area contributed by atoms with Crippen molar-refractivity contribution in [3.8, 4) is 11.4 Å². The van der Waals surface area contributed by atoms with E-state index in [0.29, 0.717) is 11.4 Å². The van der Waals surface area contributed by atoms with Gasteiger partial charge in [-0.15, -0.1) is 5.10 Å². The molecule has 2 heterocycles.